The van der Waals surface area contributed by atoms with Crippen LogP contribution in [0.1, 0.15) is 52.5 Å². The quantitative estimate of drug-likeness (QED) is 0.157. The fraction of sp³-hybridized carbons (Fsp3) is 0.321. The van der Waals surface area contributed by atoms with Gasteiger partial charge in [-0.15, -0.1) is 23.1 Å². The van der Waals surface area contributed by atoms with Crippen LogP contribution in [0.15, 0.2) is 53.4 Å². The first kappa shape index (κ1) is 27.2. The first-order valence-corrected chi connectivity index (χ1v) is 14.4. The molecule has 2 aromatic carbocycles. The molecule has 0 bridgehead atoms. The number of benzene rings is 2. The van der Waals surface area contributed by atoms with Gasteiger partial charge in [0.25, 0.3) is 0 Å². The molecule has 1 amide bonds. The maximum absolute atomic E-state index is 13.3. The summed E-state index contributed by atoms with van der Waals surface area (Å²) >= 11 is 8.47. The summed E-state index contributed by atoms with van der Waals surface area (Å²) in [6, 6.07) is 15.8. The van der Waals surface area contributed by atoms with E-state index in [-0.39, 0.29) is 17.1 Å². The van der Waals surface area contributed by atoms with Gasteiger partial charge in [-0.25, -0.2) is 4.79 Å². The highest BCUT2D eigenvalue weighted by Gasteiger charge is 2.28. The van der Waals surface area contributed by atoms with E-state index in [0.717, 1.165) is 47.5 Å². The number of hydrogen-bond donors (Lipinski definition) is 3. The van der Waals surface area contributed by atoms with Gasteiger partial charge in [0, 0.05) is 21.1 Å². The molecule has 0 radical (unpaired) electrons. The summed E-state index contributed by atoms with van der Waals surface area (Å²) in [6.45, 7) is 4.03. The smallest absolute Gasteiger partial charge is 0.341 e. The van der Waals surface area contributed by atoms with Crippen LogP contribution in [-0.2, 0) is 22.4 Å². The van der Waals surface area contributed by atoms with Crippen molar-refractivity contribution in [3.05, 3.63) is 70.1 Å². The Labute approximate surface area is 231 Å². The zero-order valence-corrected chi connectivity index (χ0v) is 23.6. The molecule has 1 aromatic heterocycles. The van der Waals surface area contributed by atoms with E-state index in [1.807, 2.05) is 62.4 Å². The van der Waals surface area contributed by atoms with E-state index >= 15 is 0 Å². The molecule has 1 aliphatic rings. The van der Waals surface area contributed by atoms with Crippen LogP contribution >= 0.6 is 35.3 Å². The maximum Gasteiger partial charge on any atom is 0.341 e. The molecule has 6 nitrogen and oxygen atoms in total. The second-order valence-electron chi connectivity index (χ2n) is 8.88. The third kappa shape index (κ3) is 6.91. The Morgan fingerprint density at radius 3 is 2.51 bits per heavy atom. The lowest BCUT2D eigenvalue weighted by molar-refractivity contribution is -0.115. The number of thioether (sulfide) groups is 1. The van der Waals surface area contributed by atoms with E-state index in [1.165, 1.54) is 40.6 Å². The number of rotatable bonds is 8. The zero-order chi connectivity index (χ0) is 26.4. The number of aryl methyl sites for hydroxylation is 2. The van der Waals surface area contributed by atoms with E-state index in [0.29, 0.717) is 22.1 Å². The lowest BCUT2D eigenvalue weighted by atomic mass is 9.95. The Kier molecular flexibility index (Phi) is 9.23. The average Bonchev–Trinajstić information content (AvgIpc) is 3.26. The number of methoxy groups -OCH3 is 1. The molecule has 3 aromatic rings. The lowest BCUT2D eigenvalue weighted by Gasteiger charge is -2.16. The van der Waals surface area contributed by atoms with Gasteiger partial charge in [-0.3, -0.25) is 4.79 Å². The molecule has 37 heavy (non-hydrogen) atoms. The van der Waals surface area contributed by atoms with Gasteiger partial charge >= 0.3 is 5.97 Å². The Bertz CT molecular complexity index is 1290. The van der Waals surface area contributed by atoms with Crippen LogP contribution in [0.2, 0.25) is 0 Å². The minimum Gasteiger partial charge on any atom is -0.465 e. The van der Waals surface area contributed by atoms with Crippen LogP contribution in [0.5, 0.6) is 0 Å². The molecule has 0 fully saturated rings. The summed E-state index contributed by atoms with van der Waals surface area (Å²) in [5, 5.41) is 10.2. The van der Waals surface area contributed by atoms with Crippen molar-refractivity contribution >= 4 is 68.7 Å². The summed E-state index contributed by atoms with van der Waals surface area (Å²) in [6.07, 6.45) is 4.57. The van der Waals surface area contributed by atoms with E-state index in [1.54, 1.807) is 0 Å². The van der Waals surface area contributed by atoms with Gasteiger partial charge in [-0.05, 0) is 87.1 Å². The molecule has 0 aliphatic heterocycles. The molecule has 1 aliphatic carbocycles. The molecule has 4 rings (SSSR count). The number of hydrogen-bond acceptors (Lipinski definition) is 6. The van der Waals surface area contributed by atoms with E-state index in [4.69, 9.17) is 17.0 Å². The van der Waals surface area contributed by atoms with Crippen molar-refractivity contribution in [1.82, 2.24) is 0 Å². The van der Waals surface area contributed by atoms with Crippen LogP contribution in [0.3, 0.4) is 0 Å². The molecule has 0 saturated heterocycles. The third-order valence-electron chi connectivity index (χ3n) is 6.14. The number of nitrogens with one attached hydrogen (secondary N) is 3. The van der Waals surface area contributed by atoms with Crippen LogP contribution < -0.4 is 16.0 Å². The van der Waals surface area contributed by atoms with Gasteiger partial charge in [0.1, 0.15) is 5.00 Å². The largest absolute Gasteiger partial charge is 0.465 e. The topological polar surface area (TPSA) is 79.5 Å². The van der Waals surface area contributed by atoms with Gasteiger partial charge in [0.15, 0.2) is 5.11 Å². The summed E-state index contributed by atoms with van der Waals surface area (Å²) in [5.74, 6) is -0.504. The maximum atomic E-state index is 13.3. The number of carbonyl (C=O) groups is 2. The number of carbonyl (C=O) groups excluding carboxylic acids is 2. The number of amides is 1. The molecule has 3 N–H and O–H groups in total. The number of fused-ring (bicyclic) bond motifs is 1. The van der Waals surface area contributed by atoms with Gasteiger partial charge in [0.05, 0.1) is 17.9 Å². The van der Waals surface area contributed by atoms with Crippen molar-refractivity contribution in [2.45, 2.75) is 56.1 Å². The van der Waals surface area contributed by atoms with Crippen molar-refractivity contribution in [3.63, 3.8) is 0 Å². The van der Waals surface area contributed by atoms with Gasteiger partial charge in [-0.1, -0.05) is 30.7 Å². The van der Waals surface area contributed by atoms with Crippen molar-refractivity contribution in [3.8, 4) is 0 Å². The molecule has 9 heteroatoms. The lowest BCUT2D eigenvalue weighted by Crippen LogP contribution is -2.25. The van der Waals surface area contributed by atoms with Gasteiger partial charge < -0.3 is 20.7 Å². The van der Waals surface area contributed by atoms with Gasteiger partial charge in [-0.2, -0.15) is 0 Å². The fourth-order valence-corrected chi connectivity index (χ4v) is 6.76. The molecule has 1 unspecified atom stereocenters. The molecule has 0 spiro atoms. The van der Waals surface area contributed by atoms with Crippen LogP contribution in [0.4, 0.5) is 16.4 Å². The number of esters is 1. The highest BCUT2D eigenvalue weighted by molar-refractivity contribution is 8.00. The summed E-state index contributed by atoms with van der Waals surface area (Å²) in [7, 11) is 1.38. The monoisotopic (exact) mass is 553 g/mol. The SMILES string of the molecule is CCC(Sc1cccc(NC(=S)Nc2ccc(C)cc2)c1)C(=O)Nc1sc2c(c1C(=O)OC)CCCC2. The highest BCUT2D eigenvalue weighted by Crippen LogP contribution is 2.39. The first-order chi connectivity index (χ1) is 17.9. The summed E-state index contributed by atoms with van der Waals surface area (Å²) in [5.41, 5.74) is 4.50. The number of anilines is 3. The molecular formula is C28H31N3O3S3. The minimum atomic E-state index is -0.385. The van der Waals surface area contributed by atoms with E-state index < -0.39 is 0 Å². The standard InChI is InChI=1S/C28H31N3O3S3/c1-4-22(25(32)31-26-24(27(33)34-3)21-10-5-6-11-23(21)37-26)36-20-9-7-8-19(16-20)30-28(35)29-18-14-12-17(2)13-15-18/h7-9,12-16,22H,4-6,10-11H2,1-3H3,(H,31,32)(H2,29,30,35). The Balaban J connectivity index is 1.42. The summed E-state index contributed by atoms with van der Waals surface area (Å²) in [4.78, 5) is 28.0. The van der Waals surface area contributed by atoms with Crippen LogP contribution in [0, 0.1) is 6.92 Å². The molecule has 1 atom stereocenters. The number of thiocarbonyl (C=S) groups is 1. The van der Waals surface area contributed by atoms with Crippen LogP contribution in [-0.4, -0.2) is 29.3 Å². The highest BCUT2D eigenvalue weighted by atomic mass is 32.2. The molecular weight excluding hydrogens is 523 g/mol. The number of thiophene rings is 1. The predicted molar refractivity (Wildman–Crippen MR) is 158 cm³/mol. The Hall–Kier alpha value is -2.88. The molecule has 0 saturated carbocycles. The molecule has 1 heterocycles. The van der Waals surface area contributed by atoms with Crippen molar-refractivity contribution < 1.29 is 14.3 Å². The van der Waals surface area contributed by atoms with E-state index in [2.05, 4.69) is 16.0 Å². The Morgan fingerprint density at radius 1 is 1.05 bits per heavy atom. The van der Waals surface area contributed by atoms with Crippen LogP contribution in [0.25, 0.3) is 0 Å². The molecule has 194 valence electrons. The van der Waals surface area contributed by atoms with Gasteiger partial charge in [0.2, 0.25) is 5.91 Å². The van der Waals surface area contributed by atoms with Crippen molar-refractivity contribution in [1.29, 1.82) is 0 Å². The number of ether oxygens (including phenoxy) is 1. The second kappa shape index (κ2) is 12.6. The van der Waals surface area contributed by atoms with E-state index in [9.17, 15) is 9.59 Å². The second-order valence-corrected chi connectivity index (χ2v) is 11.7. The Morgan fingerprint density at radius 2 is 1.78 bits per heavy atom. The first-order valence-electron chi connectivity index (χ1n) is 12.3. The third-order valence-corrected chi connectivity index (χ3v) is 8.91. The minimum absolute atomic E-state index is 0.119. The normalized spacial score (nSPS) is 13.3. The zero-order valence-electron chi connectivity index (χ0n) is 21.2. The van der Waals surface area contributed by atoms with Crippen molar-refractivity contribution in [2.75, 3.05) is 23.1 Å². The van der Waals surface area contributed by atoms with Crippen molar-refractivity contribution in [2.24, 2.45) is 0 Å². The summed E-state index contributed by atoms with van der Waals surface area (Å²) < 4.78 is 5.04. The average molecular weight is 554 g/mol. The predicted octanol–water partition coefficient (Wildman–Crippen LogP) is 7.04. The fourth-order valence-electron chi connectivity index (χ4n) is 4.23.